The summed E-state index contributed by atoms with van der Waals surface area (Å²) in [7, 11) is 0. The minimum atomic E-state index is 0.0419. The zero-order valence-electron chi connectivity index (χ0n) is 17.5. The molecule has 0 saturated carbocycles. The first-order chi connectivity index (χ1) is 14.7. The van der Waals surface area contributed by atoms with Gasteiger partial charge in [-0.05, 0) is 61.7 Å². The Hall–Kier alpha value is -3.06. The SMILES string of the molecule is CCC(=O)Nc1cccc(C2CCN(CC(C=NCc3ccccn3)=NN)CC2)c1. The van der Waals surface area contributed by atoms with Crippen molar-refractivity contribution in [2.24, 2.45) is 15.9 Å². The number of nitrogens with one attached hydrogen (secondary N) is 1. The third kappa shape index (κ3) is 6.49. The second-order valence-electron chi connectivity index (χ2n) is 7.49. The second kappa shape index (κ2) is 11.2. The van der Waals surface area contributed by atoms with Crippen LogP contribution in [0, 0.1) is 0 Å². The number of rotatable bonds is 8. The average molecular weight is 407 g/mol. The number of piperidine rings is 1. The average Bonchev–Trinajstić information content (AvgIpc) is 2.79. The Kier molecular flexibility index (Phi) is 8.09. The molecule has 1 amide bonds. The number of pyridine rings is 1. The molecule has 1 aromatic carbocycles. The molecule has 0 aliphatic carbocycles. The molecule has 0 atom stereocenters. The fourth-order valence-electron chi connectivity index (χ4n) is 3.62. The Morgan fingerprint density at radius 1 is 1.27 bits per heavy atom. The van der Waals surface area contributed by atoms with E-state index >= 15 is 0 Å². The summed E-state index contributed by atoms with van der Waals surface area (Å²) in [6.07, 6.45) is 6.13. The van der Waals surface area contributed by atoms with Gasteiger partial charge in [0.15, 0.2) is 0 Å². The van der Waals surface area contributed by atoms with E-state index in [0.717, 1.165) is 43.0 Å². The largest absolute Gasteiger partial charge is 0.326 e. The molecule has 0 spiro atoms. The summed E-state index contributed by atoms with van der Waals surface area (Å²) in [6.45, 7) is 5.03. The molecule has 1 fully saturated rings. The molecule has 2 aromatic rings. The Balaban J connectivity index is 1.49. The normalized spacial score (nSPS) is 16.1. The van der Waals surface area contributed by atoms with Gasteiger partial charge in [-0.1, -0.05) is 25.1 Å². The molecule has 1 aliphatic rings. The molecular formula is C23H30N6O. The van der Waals surface area contributed by atoms with Gasteiger partial charge >= 0.3 is 0 Å². The van der Waals surface area contributed by atoms with Crippen molar-refractivity contribution in [3.8, 4) is 0 Å². The molecule has 3 N–H and O–H groups in total. The maximum atomic E-state index is 11.6. The first-order valence-corrected chi connectivity index (χ1v) is 10.5. The van der Waals surface area contributed by atoms with Crippen LogP contribution < -0.4 is 11.2 Å². The highest BCUT2D eigenvalue weighted by Crippen LogP contribution is 2.29. The number of aliphatic imine (C=N–C) groups is 1. The smallest absolute Gasteiger partial charge is 0.224 e. The van der Waals surface area contributed by atoms with Gasteiger partial charge in [-0.2, -0.15) is 5.10 Å². The van der Waals surface area contributed by atoms with Crippen LogP contribution in [0.3, 0.4) is 0 Å². The first kappa shape index (κ1) is 21.6. The van der Waals surface area contributed by atoms with E-state index in [0.29, 0.717) is 25.4 Å². The summed E-state index contributed by atoms with van der Waals surface area (Å²) in [5, 5.41) is 6.85. The van der Waals surface area contributed by atoms with Gasteiger partial charge in [0, 0.05) is 31.1 Å². The van der Waals surface area contributed by atoms with Crippen LogP contribution >= 0.6 is 0 Å². The number of likely N-dealkylation sites (tertiary alicyclic amines) is 1. The minimum Gasteiger partial charge on any atom is -0.326 e. The maximum Gasteiger partial charge on any atom is 0.224 e. The lowest BCUT2D eigenvalue weighted by Crippen LogP contribution is -2.37. The number of carbonyl (C=O) groups excluding carboxylic acids is 1. The van der Waals surface area contributed by atoms with Gasteiger partial charge in [-0.15, -0.1) is 0 Å². The van der Waals surface area contributed by atoms with Gasteiger partial charge in [-0.3, -0.25) is 19.7 Å². The summed E-state index contributed by atoms with van der Waals surface area (Å²) in [5.74, 6) is 6.11. The van der Waals surface area contributed by atoms with Gasteiger partial charge in [-0.25, -0.2) is 0 Å². The van der Waals surface area contributed by atoms with E-state index in [4.69, 9.17) is 5.84 Å². The summed E-state index contributed by atoms with van der Waals surface area (Å²) in [4.78, 5) is 22.7. The second-order valence-corrected chi connectivity index (χ2v) is 7.49. The van der Waals surface area contributed by atoms with Crippen LogP contribution in [0.4, 0.5) is 5.69 Å². The lowest BCUT2D eigenvalue weighted by atomic mass is 9.89. The molecule has 3 rings (SSSR count). The van der Waals surface area contributed by atoms with Gasteiger partial charge in [0.2, 0.25) is 5.91 Å². The predicted octanol–water partition coefficient (Wildman–Crippen LogP) is 3.20. The van der Waals surface area contributed by atoms with Crippen LogP contribution in [0.5, 0.6) is 0 Å². The van der Waals surface area contributed by atoms with Crippen molar-refractivity contribution in [1.29, 1.82) is 0 Å². The summed E-state index contributed by atoms with van der Waals surface area (Å²) < 4.78 is 0. The van der Waals surface area contributed by atoms with Gasteiger partial charge in [0.1, 0.15) is 0 Å². The summed E-state index contributed by atoms with van der Waals surface area (Å²) >= 11 is 0. The zero-order valence-corrected chi connectivity index (χ0v) is 17.5. The number of hydrazone groups is 1. The lowest BCUT2D eigenvalue weighted by molar-refractivity contribution is -0.115. The Morgan fingerprint density at radius 3 is 2.80 bits per heavy atom. The fourth-order valence-corrected chi connectivity index (χ4v) is 3.62. The number of carbonyl (C=O) groups is 1. The van der Waals surface area contributed by atoms with Crippen molar-refractivity contribution < 1.29 is 4.79 Å². The number of nitrogens with two attached hydrogens (primary N) is 1. The minimum absolute atomic E-state index is 0.0419. The highest BCUT2D eigenvalue weighted by atomic mass is 16.1. The quantitative estimate of drug-likeness (QED) is 0.400. The molecule has 1 aliphatic heterocycles. The number of aromatic nitrogens is 1. The third-order valence-electron chi connectivity index (χ3n) is 5.32. The van der Waals surface area contributed by atoms with Crippen LogP contribution in [0.1, 0.15) is 43.4 Å². The van der Waals surface area contributed by atoms with Crippen molar-refractivity contribution >= 4 is 23.5 Å². The molecule has 158 valence electrons. The number of anilines is 1. The Bertz CT molecular complexity index is 872. The van der Waals surface area contributed by atoms with Crippen LogP contribution in [-0.4, -0.2) is 47.4 Å². The van der Waals surface area contributed by atoms with Crippen molar-refractivity contribution in [2.45, 2.75) is 38.6 Å². The van der Waals surface area contributed by atoms with E-state index in [-0.39, 0.29) is 5.91 Å². The molecule has 7 heteroatoms. The van der Waals surface area contributed by atoms with E-state index in [1.807, 2.05) is 37.3 Å². The van der Waals surface area contributed by atoms with E-state index in [2.05, 4.69) is 37.4 Å². The molecule has 30 heavy (non-hydrogen) atoms. The van der Waals surface area contributed by atoms with Crippen LogP contribution in [0.15, 0.2) is 58.8 Å². The summed E-state index contributed by atoms with van der Waals surface area (Å²) in [5.41, 5.74) is 3.86. The molecular weight excluding hydrogens is 376 g/mol. The fraction of sp³-hybridized carbons (Fsp3) is 0.391. The highest BCUT2D eigenvalue weighted by molar-refractivity contribution is 6.31. The molecule has 0 unspecified atom stereocenters. The molecule has 1 aromatic heterocycles. The Labute approximate surface area is 178 Å². The number of hydrogen-bond acceptors (Lipinski definition) is 6. The number of nitrogens with zero attached hydrogens (tertiary/aromatic N) is 4. The number of benzene rings is 1. The molecule has 0 bridgehead atoms. The van der Waals surface area contributed by atoms with E-state index < -0.39 is 0 Å². The topological polar surface area (TPSA) is 96.0 Å². The number of hydrogen-bond donors (Lipinski definition) is 2. The molecule has 2 heterocycles. The van der Waals surface area contributed by atoms with Gasteiger partial charge in [0.25, 0.3) is 0 Å². The number of amides is 1. The van der Waals surface area contributed by atoms with Crippen LogP contribution in [0.25, 0.3) is 0 Å². The van der Waals surface area contributed by atoms with Crippen LogP contribution in [0.2, 0.25) is 0 Å². The standard InChI is InChI=1S/C23H30N6O/c1-2-23(30)27-20-8-5-6-19(14-20)18-9-12-29(13-10-18)17-22(28-24)16-25-15-21-7-3-4-11-26-21/h3-8,11,14,16,18H,2,9-10,12-13,15,17,24H2,1H3,(H,27,30). The third-order valence-corrected chi connectivity index (χ3v) is 5.32. The Morgan fingerprint density at radius 2 is 2.10 bits per heavy atom. The molecule has 7 nitrogen and oxygen atoms in total. The van der Waals surface area contributed by atoms with Crippen molar-refractivity contribution in [2.75, 3.05) is 25.0 Å². The van der Waals surface area contributed by atoms with E-state index in [9.17, 15) is 4.79 Å². The van der Waals surface area contributed by atoms with Gasteiger partial charge < -0.3 is 11.2 Å². The predicted molar refractivity (Wildman–Crippen MR) is 122 cm³/mol. The lowest BCUT2D eigenvalue weighted by Gasteiger charge is -2.32. The van der Waals surface area contributed by atoms with E-state index in [1.165, 1.54) is 5.56 Å². The van der Waals surface area contributed by atoms with Crippen molar-refractivity contribution in [3.63, 3.8) is 0 Å². The zero-order chi connectivity index (χ0) is 21.2. The molecule has 1 saturated heterocycles. The maximum absolute atomic E-state index is 11.6. The van der Waals surface area contributed by atoms with Crippen molar-refractivity contribution in [3.05, 3.63) is 59.9 Å². The van der Waals surface area contributed by atoms with Gasteiger partial charge in [0.05, 0.1) is 18.0 Å². The summed E-state index contributed by atoms with van der Waals surface area (Å²) in [6, 6.07) is 14.0. The van der Waals surface area contributed by atoms with Crippen LogP contribution in [-0.2, 0) is 11.3 Å². The van der Waals surface area contributed by atoms with Crippen molar-refractivity contribution in [1.82, 2.24) is 9.88 Å². The highest BCUT2D eigenvalue weighted by Gasteiger charge is 2.21. The monoisotopic (exact) mass is 406 g/mol. The first-order valence-electron chi connectivity index (χ1n) is 10.5. The van der Waals surface area contributed by atoms with E-state index in [1.54, 1.807) is 12.4 Å². The molecule has 0 radical (unpaired) electrons.